The molecule has 0 spiro atoms. The zero-order valence-corrected chi connectivity index (χ0v) is 20.6. The Morgan fingerprint density at radius 2 is 1.87 bits per heavy atom. The van der Waals surface area contributed by atoms with E-state index in [0.29, 0.717) is 18.7 Å². The Bertz CT molecular complexity index is 1010. The molecular weight excluding hydrogens is 505 g/mol. The van der Waals surface area contributed by atoms with Gasteiger partial charge in [0.25, 0.3) is 0 Å². The molecule has 1 heterocycles. The zero-order valence-electron chi connectivity index (χ0n) is 18.2. The van der Waals surface area contributed by atoms with Gasteiger partial charge in [0.1, 0.15) is 5.82 Å². The predicted octanol–water partition coefficient (Wildman–Crippen LogP) is 3.89. The van der Waals surface area contributed by atoms with Crippen LogP contribution < -0.4 is 10.6 Å². The van der Waals surface area contributed by atoms with Gasteiger partial charge in [-0.1, -0.05) is 24.3 Å². The molecule has 0 saturated heterocycles. The summed E-state index contributed by atoms with van der Waals surface area (Å²) in [5.41, 5.74) is 3.83. The van der Waals surface area contributed by atoms with Crippen LogP contribution in [0, 0.1) is 6.92 Å². The smallest absolute Gasteiger partial charge is 0.338 e. The van der Waals surface area contributed by atoms with Crippen molar-refractivity contribution >= 4 is 46.9 Å². The Labute approximate surface area is 200 Å². The van der Waals surface area contributed by atoms with Gasteiger partial charge >= 0.3 is 5.97 Å². The molecule has 2 N–H and O–H groups in total. The SMILES string of the molecule is CCOC(=O)c1ccc(CNC(=NC)NCCCn2c(C)nc3ccccc32)cc1.I. The van der Waals surface area contributed by atoms with E-state index in [9.17, 15) is 4.79 Å². The van der Waals surface area contributed by atoms with Crippen LogP contribution in [0.1, 0.15) is 35.1 Å². The number of imidazole rings is 1. The maximum absolute atomic E-state index is 11.7. The average molecular weight is 535 g/mol. The molecule has 0 aliphatic heterocycles. The molecule has 0 aliphatic carbocycles. The van der Waals surface area contributed by atoms with Crippen LogP contribution in [0.3, 0.4) is 0 Å². The maximum atomic E-state index is 11.7. The topological polar surface area (TPSA) is 80.5 Å². The molecule has 0 aliphatic rings. The first-order valence-electron chi connectivity index (χ1n) is 10.2. The number of halogens is 1. The van der Waals surface area contributed by atoms with Crippen LogP contribution in [0.4, 0.5) is 0 Å². The van der Waals surface area contributed by atoms with Crippen LogP contribution in [0.5, 0.6) is 0 Å². The highest BCUT2D eigenvalue weighted by atomic mass is 127. The van der Waals surface area contributed by atoms with Crippen molar-refractivity contribution in [1.29, 1.82) is 0 Å². The molecule has 1 aromatic heterocycles. The molecule has 3 aromatic rings. The van der Waals surface area contributed by atoms with E-state index in [-0.39, 0.29) is 29.9 Å². The number of benzene rings is 2. The molecule has 0 atom stereocenters. The maximum Gasteiger partial charge on any atom is 0.338 e. The molecular formula is C23H30IN5O2. The number of carbonyl (C=O) groups is 1. The molecule has 8 heteroatoms. The number of aryl methyl sites for hydroxylation is 2. The van der Waals surface area contributed by atoms with E-state index in [2.05, 4.69) is 31.2 Å². The van der Waals surface area contributed by atoms with Crippen LogP contribution in [0.25, 0.3) is 11.0 Å². The number of nitrogens with one attached hydrogen (secondary N) is 2. The van der Waals surface area contributed by atoms with Gasteiger partial charge in [0, 0.05) is 26.7 Å². The number of carbonyl (C=O) groups excluding carboxylic acids is 1. The number of aliphatic imine (C=N–C) groups is 1. The number of para-hydroxylation sites is 2. The predicted molar refractivity (Wildman–Crippen MR) is 135 cm³/mol. The molecule has 0 bridgehead atoms. The second kappa shape index (κ2) is 12.3. The molecule has 31 heavy (non-hydrogen) atoms. The van der Waals surface area contributed by atoms with Gasteiger partial charge in [-0.2, -0.15) is 0 Å². The quantitative estimate of drug-likeness (QED) is 0.151. The fourth-order valence-electron chi connectivity index (χ4n) is 3.30. The number of fused-ring (bicyclic) bond motifs is 1. The van der Waals surface area contributed by atoms with Crippen LogP contribution >= 0.6 is 24.0 Å². The summed E-state index contributed by atoms with van der Waals surface area (Å²) < 4.78 is 7.26. The first-order chi connectivity index (χ1) is 14.6. The zero-order chi connectivity index (χ0) is 21.3. The highest BCUT2D eigenvalue weighted by Gasteiger charge is 2.07. The van der Waals surface area contributed by atoms with Gasteiger partial charge < -0.3 is 19.9 Å². The van der Waals surface area contributed by atoms with E-state index in [0.717, 1.165) is 42.4 Å². The van der Waals surface area contributed by atoms with Gasteiger partial charge in [0.05, 0.1) is 23.2 Å². The van der Waals surface area contributed by atoms with Crippen molar-refractivity contribution in [1.82, 2.24) is 20.2 Å². The van der Waals surface area contributed by atoms with Gasteiger partial charge in [-0.3, -0.25) is 4.99 Å². The van der Waals surface area contributed by atoms with Crippen LogP contribution in [-0.2, 0) is 17.8 Å². The molecule has 7 nitrogen and oxygen atoms in total. The summed E-state index contributed by atoms with van der Waals surface area (Å²) in [5.74, 6) is 1.48. The number of guanidine groups is 1. The first kappa shape index (κ1) is 24.6. The van der Waals surface area contributed by atoms with Crippen molar-refractivity contribution in [3.05, 3.63) is 65.5 Å². The number of hydrogen-bond acceptors (Lipinski definition) is 4. The molecule has 0 radical (unpaired) electrons. The molecule has 166 valence electrons. The number of nitrogens with zero attached hydrogens (tertiary/aromatic N) is 3. The standard InChI is InChI=1S/C23H29N5O2.HI/c1-4-30-22(29)19-12-10-18(11-13-19)16-26-23(24-3)25-14-7-15-28-17(2)27-20-8-5-6-9-21(20)28;/h5-6,8-13H,4,7,14-16H2,1-3H3,(H2,24,25,26);1H. The summed E-state index contributed by atoms with van der Waals surface area (Å²) in [6.45, 7) is 6.53. The summed E-state index contributed by atoms with van der Waals surface area (Å²) in [6, 6.07) is 15.6. The Hall–Kier alpha value is -2.62. The van der Waals surface area contributed by atoms with Crippen molar-refractivity contribution in [3.63, 3.8) is 0 Å². The van der Waals surface area contributed by atoms with Crippen LogP contribution in [0.2, 0.25) is 0 Å². The Morgan fingerprint density at radius 1 is 1.13 bits per heavy atom. The fraction of sp³-hybridized carbons (Fsp3) is 0.348. The van der Waals surface area contributed by atoms with E-state index in [1.54, 1.807) is 26.1 Å². The third-order valence-corrected chi connectivity index (χ3v) is 4.84. The van der Waals surface area contributed by atoms with Crippen molar-refractivity contribution in [3.8, 4) is 0 Å². The third kappa shape index (κ3) is 6.68. The lowest BCUT2D eigenvalue weighted by atomic mass is 10.1. The van der Waals surface area contributed by atoms with Gasteiger partial charge in [-0.25, -0.2) is 9.78 Å². The summed E-state index contributed by atoms with van der Waals surface area (Å²) in [5, 5.41) is 6.64. The van der Waals surface area contributed by atoms with Crippen LogP contribution in [-0.4, -0.2) is 41.7 Å². The minimum atomic E-state index is -0.296. The second-order valence-corrected chi connectivity index (χ2v) is 6.92. The number of esters is 1. The lowest BCUT2D eigenvalue weighted by molar-refractivity contribution is 0.0526. The lowest BCUT2D eigenvalue weighted by Gasteiger charge is -2.13. The molecule has 0 saturated carbocycles. The van der Waals surface area contributed by atoms with Crippen molar-refractivity contribution in [2.75, 3.05) is 20.2 Å². The van der Waals surface area contributed by atoms with E-state index < -0.39 is 0 Å². The van der Waals surface area contributed by atoms with Gasteiger partial charge in [0.15, 0.2) is 5.96 Å². The summed E-state index contributed by atoms with van der Waals surface area (Å²) in [6.07, 6.45) is 0.954. The normalized spacial score (nSPS) is 11.1. The largest absolute Gasteiger partial charge is 0.462 e. The minimum Gasteiger partial charge on any atom is -0.462 e. The molecule has 0 unspecified atom stereocenters. The van der Waals surface area contributed by atoms with E-state index in [4.69, 9.17) is 4.74 Å². The van der Waals surface area contributed by atoms with E-state index >= 15 is 0 Å². The first-order valence-corrected chi connectivity index (χ1v) is 10.2. The van der Waals surface area contributed by atoms with Gasteiger partial charge in [-0.15, -0.1) is 24.0 Å². The summed E-state index contributed by atoms with van der Waals surface area (Å²) >= 11 is 0. The monoisotopic (exact) mass is 535 g/mol. The number of ether oxygens (including phenoxy) is 1. The van der Waals surface area contributed by atoms with Crippen molar-refractivity contribution in [2.45, 2.75) is 33.4 Å². The lowest BCUT2D eigenvalue weighted by Crippen LogP contribution is -2.37. The molecule has 0 amide bonds. The number of rotatable bonds is 8. The van der Waals surface area contributed by atoms with Gasteiger partial charge in [-0.05, 0) is 50.1 Å². The highest BCUT2D eigenvalue weighted by Crippen LogP contribution is 2.15. The van der Waals surface area contributed by atoms with Crippen LogP contribution in [0.15, 0.2) is 53.5 Å². The number of hydrogen-bond donors (Lipinski definition) is 2. The Balaban J connectivity index is 0.00000341. The van der Waals surface area contributed by atoms with Gasteiger partial charge in [0.2, 0.25) is 0 Å². The second-order valence-electron chi connectivity index (χ2n) is 6.92. The fourth-order valence-corrected chi connectivity index (χ4v) is 3.30. The molecule has 3 rings (SSSR count). The van der Waals surface area contributed by atoms with E-state index in [1.165, 1.54) is 5.52 Å². The average Bonchev–Trinajstić information content (AvgIpc) is 3.09. The minimum absolute atomic E-state index is 0. The summed E-state index contributed by atoms with van der Waals surface area (Å²) in [7, 11) is 1.76. The van der Waals surface area contributed by atoms with Crippen molar-refractivity contribution < 1.29 is 9.53 Å². The number of aromatic nitrogens is 2. The Morgan fingerprint density at radius 3 is 2.58 bits per heavy atom. The summed E-state index contributed by atoms with van der Waals surface area (Å²) in [4.78, 5) is 20.6. The molecule has 0 fully saturated rings. The van der Waals surface area contributed by atoms with E-state index in [1.807, 2.05) is 37.3 Å². The highest BCUT2D eigenvalue weighted by molar-refractivity contribution is 14.0. The van der Waals surface area contributed by atoms with Crippen molar-refractivity contribution in [2.24, 2.45) is 4.99 Å². The molecule has 2 aromatic carbocycles. The third-order valence-electron chi connectivity index (χ3n) is 4.84. The Kier molecular flexibility index (Phi) is 9.77.